The quantitative estimate of drug-likeness (QED) is 0.766. The number of alkyl halides is 1. The van der Waals surface area contributed by atoms with E-state index >= 15 is 0 Å². The van der Waals surface area contributed by atoms with Gasteiger partial charge in [-0.3, -0.25) is 4.68 Å². The Hall–Kier alpha value is -0.0200. The van der Waals surface area contributed by atoms with Crippen LogP contribution in [0.4, 0.5) is 0 Å². The molecule has 0 aliphatic rings. The molecule has 1 rings (SSSR count). The van der Waals surface area contributed by atoms with Gasteiger partial charge in [-0.25, -0.2) is 0 Å². The Balaban J connectivity index is 2.97. The molecule has 0 aromatic carbocycles. The minimum atomic E-state index is 0.386. The van der Waals surface area contributed by atoms with Gasteiger partial charge in [-0.15, -0.1) is 0 Å². The van der Waals surface area contributed by atoms with Gasteiger partial charge in [-0.05, 0) is 6.42 Å². The number of hydrogen-bond donors (Lipinski definition) is 0. The molecule has 1 heterocycles. The third kappa shape index (κ3) is 2.51. The zero-order chi connectivity index (χ0) is 10.7. The Morgan fingerprint density at radius 3 is 2.71 bits per heavy atom. The van der Waals surface area contributed by atoms with Crippen molar-refractivity contribution in [1.82, 2.24) is 9.78 Å². The van der Waals surface area contributed by atoms with Crippen molar-refractivity contribution in [2.24, 2.45) is 0 Å². The highest BCUT2D eigenvalue weighted by atomic mass is 79.9. The summed E-state index contributed by atoms with van der Waals surface area (Å²) in [5.74, 6) is 0.386. The Morgan fingerprint density at radius 1 is 1.57 bits per heavy atom. The van der Waals surface area contributed by atoms with Crippen molar-refractivity contribution < 1.29 is 0 Å². The van der Waals surface area contributed by atoms with Gasteiger partial charge in [-0.2, -0.15) is 5.10 Å². The number of nitrogens with zero attached hydrogens (tertiary/aromatic N) is 2. The van der Waals surface area contributed by atoms with Crippen molar-refractivity contribution in [2.45, 2.75) is 44.5 Å². The molecule has 0 spiro atoms. The second-order valence-corrected chi connectivity index (χ2v) is 5.42. The van der Waals surface area contributed by atoms with Gasteiger partial charge in [0.1, 0.15) is 0 Å². The van der Waals surface area contributed by atoms with E-state index in [1.165, 1.54) is 0 Å². The third-order valence-corrected chi connectivity index (χ3v) is 3.47. The molecule has 1 aromatic heterocycles. The summed E-state index contributed by atoms with van der Waals surface area (Å²) >= 11 is 9.70. The van der Waals surface area contributed by atoms with E-state index in [-0.39, 0.29) is 0 Å². The zero-order valence-corrected chi connectivity index (χ0v) is 11.1. The molecule has 1 aromatic rings. The summed E-state index contributed by atoms with van der Waals surface area (Å²) in [7, 11) is 0. The molecule has 0 aliphatic heterocycles. The zero-order valence-electron chi connectivity index (χ0n) is 8.80. The first-order valence-electron chi connectivity index (χ1n) is 4.93. The van der Waals surface area contributed by atoms with Crippen molar-refractivity contribution in [3.63, 3.8) is 0 Å². The summed E-state index contributed by atoms with van der Waals surface area (Å²) in [6, 6.07) is 0. The van der Waals surface area contributed by atoms with Gasteiger partial charge in [-0.1, -0.05) is 48.3 Å². The fraction of sp³-hybridized carbons (Fsp3) is 0.700. The maximum Gasteiger partial charge on any atom is 0.0821 e. The lowest BCUT2D eigenvalue weighted by atomic mass is 10.1. The Kier molecular flexibility index (Phi) is 4.45. The Labute approximate surface area is 98.8 Å². The second-order valence-electron chi connectivity index (χ2n) is 3.57. The molecular formula is C10H16BrClN2. The smallest absolute Gasteiger partial charge is 0.0821 e. The molecule has 0 saturated heterocycles. The predicted octanol–water partition coefficient (Wildman–Crippen LogP) is 3.83. The first kappa shape index (κ1) is 12.1. The van der Waals surface area contributed by atoms with Crippen molar-refractivity contribution in [3.8, 4) is 0 Å². The number of halogens is 2. The molecule has 0 N–H and O–H groups in total. The van der Waals surface area contributed by atoms with Crippen LogP contribution in [0.2, 0.25) is 5.02 Å². The lowest BCUT2D eigenvalue weighted by Crippen LogP contribution is -2.13. The molecule has 2 unspecified atom stereocenters. The summed E-state index contributed by atoms with van der Waals surface area (Å²) < 4.78 is 2.00. The van der Waals surface area contributed by atoms with Gasteiger partial charge >= 0.3 is 0 Å². The van der Waals surface area contributed by atoms with Gasteiger partial charge in [0.2, 0.25) is 0 Å². The van der Waals surface area contributed by atoms with E-state index < -0.39 is 0 Å². The summed E-state index contributed by atoms with van der Waals surface area (Å²) in [5.41, 5.74) is 1.14. The van der Waals surface area contributed by atoms with Crippen molar-refractivity contribution in [2.75, 3.05) is 0 Å². The van der Waals surface area contributed by atoms with E-state index in [1.54, 1.807) is 6.20 Å². The SMILES string of the molecule is CCCn1ncc(Cl)c1C(C)C(C)Br. The van der Waals surface area contributed by atoms with Crippen molar-refractivity contribution >= 4 is 27.5 Å². The van der Waals surface area contributed by atoms with Crippen molar-refractivity contribution in [1.29, 1.82) is 0 Å². The van der Waals surface area contributed by atoms with Crippen LogP contribution in [0.15, 0.2) is 6.20 Å². The number of aromatic nitrogens is 2. The summed E-state index contributed by atoms with van der Waals surface area (Å²) in [6.45, 7) is 7.37. The van der Waals surface area contributed by atoms with Crippen molar-refractivity contribution in [3.05, 3.63) is 16.9 Å². The van der Waals surface area contributed by atoms with Gasteiger partial charge < -0.3 is 0 Å². The van der Waals surface area contributed by atoms with Crippen LogP contribution >= 0.6 is 27.5 Å². The molecule has 4 heteroatoms. The normalized spacial score (nSPS) is 15.5. The van der Waals surface area contributed by atoms with Crippen LogP contribution in [-0.2, 0) is 6.54 Å². The van der Waals surface area contributed by atoms with Crippen LogP contribution in [-0.4, -0.2) is 14.6 Å². The molecule has 0 amide bonds. The maximum atomic E-state index is 6.12. The van der Waals surface area contributed by atoms with Crippen LogP contribution in [0.5, 0.6) is 0 Å². The maximum absolute atomic E-state index is 6.12. The topological polar surface area (TPSA) is 17.8 Å². The highest BCUT2D eigenvalue weighted by molar-refractivity contribution is 9.09. The van der Waals surface area contributed by atoms with E-state index in [0.29, 0.717) is 10.7 Å². The molecule has 14 heavy (non-hydrogen) atoms. The van der Waals surface area contributed by atoms with Gasteiger partial charge in [0, 0.05) is 17.3 Å². The average molecular weight is 280 g/mol. The molecule has 80 valence electrons. The van der Waals surface area contributed by atoms with Crippen LogP contribution in [0, 0.1) is 0 Å². The molecule has 2 atom stereocenters. The fourth-order valence-electron chi connectivity index (χ4n) is 1.43. The highest BCUT2D eigenvalue weighted by Crippen LogP contribution is 2.29. The second kappa shape index (κ2) is 5.17. The first-order chi connectivity index (χ1) is 6.57. The molecule has 0 aliphatic carbocycles. The predicted molar refractivity (Wildman–Crippen MR) is 64.3 cm³/mol. The van der Waals surface area contributed by atoms with E-state index in [0.717, 1.165) is 23.7 Å². The fourth-order valence-corrected chi connectivity index (χ4v) is 2.00. The van der Waals surface area contributed by atoms with Crippen LogP contribution in [0.25, 0.3) is 0 Å². The summed E-state index contributed by atoms with van der Waals surface area (Å²) in [4.78, 5) is 0.410. The molecule has 0 fully saturated rings. The number of rotatable bonds is 4. The van der Waals surface area contributed by atoms with Crippen LogP contribution in [0.1, 0.15) is 38.8 Å². The van der Waals surface area contributed by atoms with E-state index in [4.69, 9.17) is 11.6 Å². The standard InChI is InChI=1S/C10H16BrClN2/c1-4-5-14-10(7(2)8(3)11)9(12)6-13-14/h6-8H,4-5H2,1-3H3. The third-order valence-electron chi connectivity index (χ3n) is 2.39. The molecular weight excluding hydrogens is 263 g/mol. The Bertz CT molecular complexity index is 296. The summed E-state index contributed by atoms with van der Waals surface area (Å²) in [6.07, 6.45) is 2.81. The largest absolute Gasteiger partial charge is 0.268 e. The lowest BCUT2D eigenvalue weighted by molar-refractivity contribution is 0.546. The molecule has 0 bridgehead atoms. The van der Waals surface area contributed by atoms with E-state index in [9.17, 15) is 0 Å². The Morgan fingerprint density at radius 2 is 2.21 bits per heavy atom. The monoisotopic (exact) mass is 278 g/mol. The number of aryl methyl sites for hydroxylation is 1. The van der Waals surface area contributed by atoms with Crippen LogP contribution < -0.4 is 0 Å². The summed E-state index contributed by atoms with van der Waals surface area (Å²) in [5, 5.41) is 5.05. The van der Waals surface area contributed by atoms with Crippen LogP contribution in [0.3, 0.4) is 0 Å². The van der Waals surface area contributed by atoms with E-state index in [1.807, 2.05) is 4.68 Å². The number of hydrogen-bond acceptors (Lipinski definition) is 1. The van der Waals surface area contributed by atoms with Gasteiger partial charge in [0.15, 0.2) is 0 Å². The molecule has 0 radical (unpaired) electrons. The van der Waals surface area contributed by atoms with E-state index in [2.05, 4.69) is 41.8 Å². The van der Waals surface area contributed by atoms with Gasteiger partial charge in [0.05, 0.1) is 16.9 Å². The average Bonchev–Trinajstić information content (AvgIpc) is 2.47. The first-order valence-corrected chi connectivity index (χ1v) is 6.22. The molecule has 0 saturated carbocycles. The highest BCUT2D eigenvalue weighted by Gasteiger charge is 2.19. The van der Waals surface area contributed by atoms with Gasteiger partial charge in [0.25, 0.3) is 0 Å². The minimum absolute atomic E-state index is 0.386. The lowest BCUT2D eigenvalue weighted by Gasteiger charge is -2.16. The molecule has 2 nitrogen and oxygen atoms in total. The minimum Gasteiger partial charge on any atom is -0.268 e.